The summed E-state index contributed by atoms with van der Waals surface area (Å²) < 4.78 is 15.0. The molecule has 0 aliphatic rings. The lowest BCUT2D eigenvalue weighted by molar-refractivity contribution is 0.528. The lowest BCUT2D eigenvalue weighted by Crippen LogP contribution is -2.24. The van der Waals surface area contributed by atoms with E-state index >= 15 is 0 Å². The van der Waals surface area contributed by atoms with E-state index in [1.807, 2.05) is 29.1 Å². The molecule has 1 N–H and O–H groups in total. The van der Waals surface area contributed by atoms with E-state index in [1.54, 1.807) is 17.4 Å². The van der Waals surface area contributed by atoms with Crippen molar-refractivity contribution in [3.63, 3.8) is 0 Å². The van der Waals surface area contributed by atoms with Gasteiger partial charge in [0.1, 0.15) is 5.82 Å². The Hall–Kier alpha value is -1.79. The standard InChI is InChI=1S/C14H15FN4S/c1-2-16-13(12-4-3-10(15)8-17-12)7-11-9-19-5-6-20-14(19)18-11/h3-6,8-9,13,16H,2,7H2,1H3. The van der Waals surface area contributed by atoms with E-state index in [-0.39, 0.29) is 11.9 Å². The second kappa shape index (κ2) is 5.68. The molecule has 0 aliphatic heterocycles. The molecule has 3 heterocycles. The minimum atomic E-state index is -0.313. The number of pyridine rings is 1. The maximum atomic E-state index is 13.0. The Labute approximate surface area is 120 Å². The second-order valence-corrected chi connectivity index (χ2v) is 5.41. The Kier molecular flexibility index (Phi) is 3.75. The number of halogens is 1. The van der Waals surface area contributed by atoms with Gasteiger partial charge < -0.3 is 5.32 Å². The first kappa shape index (κ1) is 13.2. The zero-order chi connectivity index (χ0) is 13.9. The van der Waals surface area contributed by atoms with Crippen LogP contribution < -0.4 is 5.32 Å². The Balaban J connectivity index is 1.83. The topological polar surface area (TPSA) is 42.2 Å². The van der Waals surface area contributed by atoms with Crippen molar-refractivity contribution >= 4 is 16.3 Å². The summed E-state index contributed by atoms with van der Waals surface area (Å²) in [7, 11) is 0. The Morgan fingerprint density at radius 3 is 3.05 bits per heavy atom. The van der Waals surface area contributed by atoms with Gasteiger partial charge in [0.15, 0.2) is 4.96 Å². The van der Waals surface area contributed by atoms with E-state index in [9.17, 15) is 4.39 Å². The normalized spacial score (nSPS) is 12.9. The summed E-state index contributed by atoms with van der Waals surface area (Å²) in [5.74, 6) is -0.313. The number of nitrogens with zero attached hydrogens (tertiary/aromatic N) is 3. The second-order valence-electron chi connectivity index (χ2n) is 4.54. The van der Waals surface area contributed by atoms with Crippen LogP contribution in [0.1, 0.15) is 24.4 Å². The molecule has 104 valence electrons. The fourth-order valence-corrected chi connectivity index (χ4v) is 2.92. The molecular weight excluding hydrogens is 275 g/mol. The zero-order valence-corrected chi connectivity index (χ0v) is 11.9. The molecule has 0 spiro atoms. The minimum Gasteiger partial charge on any atom is -0.309 e. The van der Waals surface area contributed by atoms with Crippen molar-refractivity contribution in [2.75, 3.05) is 6.54 Å². The van der Waals surface area contributed by atoms with Gasteiger partial charge in [-0.1, -0.05) is 6.92 Å². The van der Waals surface area contributed by atoms with E-state index in [1.165, 1.54) is 12.3 Å². The Morgan fingerprint density at radius 1 is 1.45 bits per heavy atom. The molecule has 3 aromatic heterocycles. The van der Waals surface area contributed by atoms with Crippen molar-refractivity contribution in [3.8, 4) is 0 Å². The molecular formula is C14H15FN4S. The van der Waals surface area contributed by atoms with Crippen molar-refractivity contribution in [3.05, 3.63) is 53.3 Å². The Morgan fingerprint density at radius 2 is 2.35 bits per heavy atom. The highest BCUT2D eigenvalue weighted by atomic mass is 32.1. The first-order valence-corrected chi connectivity index (χ1v) is 7.40. The number of thiazole rings is 1. The molecule has 0 saturated heterocycles. The molecule has 0 fully saturated rings. The van der Waals surface area contributed by atoms with Crippen molar-refractivity contribution < 1.29 is 4.39 Å². The van der Waals surface area contributed by atoms with Gasteiger partial charge in [-0.05, 0) is 18.7 Å². The van der Waals surface area contributed by atoms with E-state index in [0.29, 0.717) is 0 Å². The monoisotopic (exact) mass is 290 g/mol. The summed E-state index contributed by atoms with van der Waals surface area (Å²) in [6, 6.07) is 3.21. The fraction of sp³-hybridized carbons (Fsp3) is 0.286. The average Bonchev–Trinajstić information content (AvgIpc) is 3.00. The number of aromatic nitrogens is 3. The van der Waals surface area contributed by atoms with Crippen LogP contribution in [0.3, 0.4) is 0 Å². The molecule has 3 aromatic rings. The molecule has 0 bridgehead atoms. The predicted octanol–water partition coefficient (Wildman–Crippen LogP) is 2.82. The third-order valence-electron chi connectivity index (χ3n) is 3.11. The lowest BCUT2D eigenvalue weighted by atomic mass is 10.1. The van der Waals surface area contributed by atoms with Crippen LogP contribution >= 0.6 is 11.3 Å². The Bertz CT molecular complexity index is 660. The number of rotatable bonds is 5. The summed E-state index contributed by atoms with van der Waals surface area (Å²) in [6.07, 6.45) is 6.01. The number of likely N-dealkylation sites (N-methyl/N-ethyl adjacent to an activating group) is 1. The van der Waals surface area contributed by atoms with Crippen LogP contribution in [0.4, 0.5) is 4.39 Å². The van der Waals surface area contributed by atoms with Crippen molar-refractivity contribution in [2.45, 2.75) is 19.4 Å². The van der Waals surface area contributed by atoms with Crippen molar-refractivity contribution in [2.24, 2.45) is 0 Å². The smallest absolute Gasteiger partial charge is 0.193 e. The van der Waals surface area contributed by atoms with Gasteiger partial charge in [0.25, 0.3) is 0 Å². The molecule has 4 nitrogen and oxygen atoms in total. The predicted molar refractivity (Wildman–Crippen MR) is 77.4 cm³/mol. The largest absolute Gasteiger partial charge is 0.309 e. The SMILES string of the molecule is CCNC(Cc1cn2ccsc2n1)c1ccc(F)cn1. The summed E-state index contributed by atoms with van der Waals surface area (Å²) in [6.45, 7) is 2.87. The third-order valence-corrected chi connectivity index (χ3v) is 3.88. The summed E-state index contributed by atoms with van der Waals surface area (Å²) in [5.41, 5.74) is 1.85. The van der Waals surface area contributed by atoms with Gasteiger partial charge in [0.05, 0.1) is 23.6 Å². The quantitative estimate of drug-likeness (QED) is 0.785. The average molecular weight is 290 g/mol. The number of imidazole rings is 1. The van der Waals surface area contributed by atoms with Gasteiger partial charge in [0, 0.05) is 24.2 Å². The number of fused-ring (bicyclic) bond motifs is 1. The van der Waals surface area contributed by atoms with Crippen LogP contribution in [0, 0.1) is 5.82 Å². The minimum absolute atomic E-state index is 0.0465. The van der Waals surface area contributed by atoms with Crippen LogP contribution in [0.15, 0.2) is 36.1 Å². The highest BCUT2D eigenvalue weighted by Crippen LogP contribution is 2.18. The van der Waals surface area contributed by atoms with E-state index in [4.69, 9.17) is 0 Å². The molecule has 0 aliphatic carbocycles. The summed E-state index contributed by atoms with van der Waals surface area (Å²) in [4.78, 5) is 9.73. The molecule has 0 aromatic carbocycles. The van der Waals surface area contributed by atoms with E-state index < -0.39 is 0 Å². The third kappa shape index (κ3) is 2.71. The molecule has 1 atom stereocenters. The van der Waals surface area contributed by atoms with Gasteiger partial charge in [0.2, 0.25) is 0 Å². The summed E-state index contributed by atoms with van der Waals surface area (Å²) >= 11 is 1.61. The molecule has 0 saturated carbocycles. The molecule has 1 unspecified atom stereocenters. The van der Waals surface area contributed by atoms with Crippen molar-refractivity contribution in [1.29, 1.82) is 0 Å². The molecule has 0 radical (unpaired) electrons. The maximum Gasteiger partial charge on any atom is 0.193 e. The van der Waals surface area contributed by atoms with Gasteiger partial charge in [-0.2, -0.15) is 0 Å². The van der Waals surface area contributed by atoms with Gasteiger partial charge in [-0.3, -0.25) is 9.38 Å². The first-order chi connectivity index (χ1) is 9.76. The fourth-order valence-electron chi connectivity index (χ4n) is 2.20. The van der Waals surface area contributed by atoms with E-state index in [0.717, 1.165) is 29.3 Å². The van der Waals surface area contributed by atoms with Crippen molar-refractivity contribution in [1.82, 2.24) is 19.7 Å². The van der Waals surface area contributed by atoms with Crippen LogP contribution in [0.25, 0.3) is 4.96 Å². The van der Waals surface area contributed by atoms with Crippen LogP contribution in [-0.4, -0.2) is 20.9 Å². The highest BCUT2D eigenvalue weighted by Gasteiger charge is 2.15. The lowest BCUT2D eigenvalue weighted by Gasteiger charge is -2.16. The zero-order valence-electron chi connectivity index (χ0n) is 11.1. The van der Waals surface area contributed by atoms with Gasteiger partial charge >= 0.3 is 0 Å². The molecule has 6 heteroatoms. The summed E-state index contributed by atoms with van der Waals surface area (Å²) in [5, 5.41) is 5.38. The van der Waals surface area contributed by atoms with Crippen LogP contribution in [0.5, 0.6) is 0 Å². The van der Waals surface area contributed by atoms with Crippen LogP contribution in [-0.2, 0) is 6.42 Å². The highest BCUT2D eigenvalue weighted by molar-refractivity contribution is 7.15. The first-order valence-electron chi connectivity index (χ1n) is 6.52. The number of hydrogen-bond donors (Lipinski definition) is 1. The molecule has 20 heavy (non-hydrogen) atoms. The molecule has 0 amide bonds. The van der Waals surface area contributed by atoms with Gasteiger partial charge in [-0.25, -0.2) is 9.37 Å². The molecule has 3 rings (SSSR count). The maximum absolute atomic E-state index is 13.0. The van der Waals surface area contributed by atoms with Crippen LogP contribution in [0.2, 0.25) is 0 Å². The van der Waals surface area contributed by atoms with Gasteiger partial charge in [-0.15, -0.1) is 11.3 Å². The number of hydrogen-bond acceptors (Lipinski definition) is 4. The van der Waals surface area contributed by atoms with E-state index in [2.05, 4.69) is 15.3 Å². The number of nitrogens with one attached hydrogen (secondary N) is 1.